The molecule has 0 bridgehead atoms. The molecule has 0 aliphatic heterocycles. The molecule has 0 unspecified atom stereocenters. The summed E-state index contributed by atoms with van der Waals surface area (Å²) < 4.78 is 40.9. The van der Waals surface area contributed by atoms with E-state index in [0.29, 0.717) is 5.39 Å². The van der Waals surface area contributed by atoms with E-state index >= 15 is 0 Å². The van der Waals surface area contributed by atoms with E-state index in [9.17, 15) is 22.7 Å². The number of aromatic nitrogens is 1. The minimum absolute atomic E-state index is 0.0216. The van der Waals surface area contributed by atoms with Crippen LogP contribution in [0.4, 0.5) is 10.1 Å². The highest BCUT2D eigenvalue weighted by atomic mass is 32.2. The zero-order valence-corrected chi connectivity index (χ0v) is 12.9. The topological polar surface area (TPSA) is 125 Å². The number of phenols is 1. The monoisotopic (exact) mass is 349 g/mol. The number of amides is 1. The fraction of sp³-hybridized carbons (Fsp3) is 0. The first kappa shape index (κ1) is 15.8. The summed E-state index contributed by atoms with van der Waals surface area (Å²) >= 11 is 0. The largest absolute Gasteiger partial charge is 0.507 e. The molecule has 0 fully saturated rings. The van der Waals surface area contributed by atoms with E-state index in [2.05, 4.69) is 9.71 Å². The fourth-order valence-electron chi connectivity index (χ4n) is 2.28. The Balaban J connectivity index is 2.01. The molecule has 0 spiro atoms. The van der Waals surface area contributed by atoms with Crippen molar-refractivity contribution in [2.45, 2.75) is 4.90 Å². The van der Waals surface area contributed by atoms with Crippen molar-refractivity contribution in [2.75, 3.05) is 4.72 Å². The average molecular weight is 349 g/mol. The summed E-state index contributed by atoms with van der Waals surface area (Å²) in [6.07, 6.45) is 1.53. The standard InChI is InChI=1S/C15H12FN3O4S/c16-12-6-9(5-8-3-4-18-14(8)12)19-24(22,23)10-1-2-13(20)11(7-10)15(17)21/h1-7,18-20H,(H2,17,21). The number of nitrogens with one attached hydrogen (secondary N) is 2. The number of sulfonamides is 1. The molecular formula is C15H12FN3O4S. The van der Waals surface area contributed by atoms with Gasteiger partial charge in [0, 0.05) is 17.6 Å². The van der Waals surface area contributed by atoms with Crippen LogP contribution in [0.25, 0.3) is 10.9 Å². The summed E-state index contributed by atoms with van der Waals surface area (Å²) in [4.78, 5) is 13.6. The van der Waals surface area contributed by atoms with Gasteiger partial charge in [-0.2, -0.15) is 0 Å². The zero-order chi connectivity index (χ0) is 17.5. The predicted octanol–water partition coefficient (Wildman–Crippen LogP) is 1.91. The molecule has 7 nitrogen and oxygen atoms in total. The fourth-order valence-corrected chi connectivity index (χ4v) is 3.35. The Morgan fingerprint density at radius 1 is 1.21 bits per heavy atom. The highest BCUT2D eigenvalue weighted by molar-refractivity contribution is 7.92. The van der Waals surface area contributed by atoms with Crippen LogP contribution in [0, 0.1) is 5.82 Å². The number of fused-ring (bicyclic) bond motifs is 1. The van der Waals surface area contributed by atoms with Crippen LogP contribution in [0.15, 0.2) is 47.5 Å². The lowest BCUT2D eigenvalue weighted by Crippen LogP contribution is -2.16. The number of benzene rings is 2. The van der Waals surface area contributed by atoms with Crippen molar-refractivity contribution in [1.82, 2.24) is 4.98 Å². The molecule has 0 saturated heterocycles. The molecule has 124 valence electrons. The number of rotatable bonds is 4. The van der Waals surface area contributed by atoms with Crippen LogP contribution in [-0.2, 0) is 10.0 Å². The Kier molecular flexibility index (Phi) is 3.64. The molecule has 3 aromatic rings. The molecule has 1 heterocycles. The molecule has 0 atom stereocenters. The van der Waals surface area contributed by atoms with E-state index in [0.717, 1.165) is 24.3 Å². The van der Waals surface area contributed by atoms with Gasteiger partial charge >= 0.3 is 0 Å². The highest BCUT2D eigenvalue weighted by Gasteiger charge is 2.19. The maximum atomic E-state index is 13.9. The Bertz CT molecular complexity index is 1060. The number of aromatic hydroxyl groups is 1. The van der Waals surface area contributed by atoms with E-state index in [1.165, 1.54) is 12.3 Å². The summed E-state index contributed by atoms with van der Waals surface area (Å²) in [5.74, 6) is -2.01. The summed E-state index contributed by atoms with van der Waals surface area (Å²) in [6.45, 7) is 0. The first-order chi connectivity index (χ1) is 11.3. The summed E-state index contributed by atoms with van der Waals surface area (Å²) in [5.41, 5.74) is 5.04. The lowest BCUT2D eigenvalue weighted by molar-refractivity contribution is 0.0997. The average Bonchev–Trinajstić information content (AvgIpc) is 2.95. The third kappa shape index (κ3) is 2.76. The molecule has 24 heavy (non-hydrogen) atoms. The van der Waals surface area contributed by atoms with Gasteiger partial charge in [-0.05, 0) is 30.3 Å². The number of aromatic amines is 1. The molecule has 1 amide bonds. The van der Waals surface area contributed by atoms with Gasteiger partial charge in [0.15, 0.2) is 0 Å². The SMILES string of the molecule is NC(=O)c1cc(S(=O)(=O)Nc2cc(F)c3[nH]ccc3c2)ccc1O. The molecule has 1 aromatic heterocycles. The number of carbonyl (C=O) groups is 1. The Hall–Kier alpha value is -3.07. The second-order valence-electron chi connectivity index (χ2n) is 5.05. The Morgan fingerprint density at radius 2 is 1.96 bits per heavy atom. The van der Waals surface area contributed by atoms with Crippen LogP contribution < -0.4 is 10.5 Å². The van der Waals surface area contributed by atoms with Crippen LogP contribution in [0.1, 0.15) is 10.4 Å². The maximum absolute atomic E-state index is 13.9. The summed E-state index contributed by atoms with van der Waals surface area (Å²) in [7, 11) is -4.10. The quantitative estimate of drug-likeness (QED) is 0.574. The number of hydrogen-bond acceptors (Lipinski definition) is 4. The van der Waals surface area contributed by atoms with Crippen molar-refractivity contribution in [3.05, 3.63) is 54.0 Å². The van der Waals surface area contributed by atoms with Gasteiger partial charge in [-0.1, -0.05) is 0 Å². The number of hydrogen-bond donors (Lipinski definition) is 4. The minimum atomic E-state index is -4.10. The highest BCUT2D eigenvalue weighted by Crippen LogP contribution is 2.26. The van der Waals surface area contributed by atoms with Gasteiger partial charge in [0.25, 0.3) is 15.9 Å². The zero-order valence-electron chi connectivity index (χ0n) is 12.1. The van der Waals surface area contributed by atoms with Crippen LogP contribution >= 0.6 is 0 Å². The van der Waals surface area contributed by atoms with E-state index in [-0.39, 0.29) is 21.7 Å². The van der Waals surface area contributed by atoms with Crippen molar-refractivity contribution in [3.63, 3.8) is 0 Å². The van der Waals surface area contributed by atoms with Crippen LogP contribution in [-0.4, -0.2) is 24.4 Å². The molecule has 3 rings (SSSR count). The lowest BCUT2D eigenvalue weighted by Gasteiger charge is -2.10. The molecular weight excluding hydrogens is 337 g/mol. The van der Waals surface area contributed by atoms with Crippen LogP contribution in [0.2, 0.25) is 0 Å². The van der Waals surface area contributed by atoms with Gasteiger partial charge < -0.3 is 15.8 Å². The summed E-state index contributed by atoms with van der Waals surface area (Å²) in [5, 5.41) is 10.0. The Labute approximate surface area is 136 Å². The van der Waals surface area contributed by atoms with Crippen molar-refractivity contribution in [3.8, 4) is 5.75 Å². The number of carbonyl (C=O) groups excluding carboxylic acids is 1. The first-order valence-corrected chi connectivity index (χ1v) is 8.18. The predicted molar refractivity (Wildman–Crippen MR) is 85.7 cm³/mol. The van der Waals surface area contributed by atoms with E-state index in [1.54, 1.807) is 6.07 Å². The number of primary amides is 1. The number of anilines is 1. The molecule has 2 aromatic carbocycles. The third-order valence-electron chi connectivity index (χ3n) is 3.41. The minimum Gasteiger partial charge on any atom is -0.507 e. The van der Waals surface area contributed by atoms with Gasteiger partial charge in [-0.25, -0.2) is 12.8 Å². The van der Waals surface area contributed by atoms with Crippen molar-refractivity contribution in [1.29, 1.82) is 0 Å². The van der Waals surface area contributed by atoms with Gasteiger partial charge in [-0.3, -0.25) is 9.52 Å². The molecule has 0 aliphatic carbocycles. The lowest BCUT2D eigenvalue weighted by atomic mass is 10.2. The van der Waals surface area contributed by atoms with Crippen molar-refractivity contribution < 1.29 is 22.7 Å². The summed E-state index contributed by atoms with van der Waals surface area (Å²) in [6, 6.07) is 7.20. The van der Waals surface area contributed by atoms with Gasteiger partial charge in [0.2, 0.25) is 0 Å². The molecule has 0 saturated carbocycles. The van der Waals surface area contributed by atoms with Crippen molar-refractivity contribution >= 4 is 32.5 Å². The third-order valence-corrected chi connectivity index (χ3v) is 4.79. The first-order valence-electron chi connectivity index (χ1n) is 6.70. The van der Waals surface area contributed by atoms with E-state index in [1.807, 2.05) is 0 Å². The molecule has 0 aliphatic rings. The van der Waals surface area contributed by atoms with E-state index < -0.39 is 27.5 Å². The number of halogens is 1. The van der Waals surface area contributed by atoms with Gasteiger partial charge in [0.05, 0.1) is 21.7 Å². The molecule has 9 heteroatoms. The number of nitrogens with two attached hydrogens (primary N) is 1. The van der Waals surface area contributed by atoms with Crippen LogP contribution in [0.3, 0.4) is 0 Å². The van der Waals surface area contributed by atoms with Crippen molar-refractivity contribution in [2.24, 2.45) is 5.73 Å². The van der Waals surface area contributed by atoms with Crippen LogP contribution in [0.5, 0.6) is 5.75 Å². The smallest absolute Gasteiger partial charge is 0.261 e. The van der Waals surface area contributed by atoms with E-state index in [4.69, 9.17) is 5.73 Å². The van der Waals surface area contributed by atoms with Gasteiger partial charge in [0.1, 0.15) is 11.6 Å². The second-order valence-corrected chi connectivity index (χ2v) is 6.73. The normalized spacial score (nSPS) is 11.5. The molecule has 5 N–H and O–H groups in total. The van der Waals surface area contributed by atoms with Gasteiger partial charge in [-0.15, -0.1) is 0 Å². The Morgan fingerprint density at radius 3 is 2.67 bits per heavy atom. The number of H-pyrrole nitrogens is 1. The second kappa shape index (κ2) is 5.53. The molecule has 0 radical (unpaired) electrons. The maximum Gasteiger partial charge on any atom is 0.261 e.